The van der Waals surface area contributed by atoms with Gasteiger partial charge in [-0.15, -0.1) is 0 Å². The van der Waals surface area contributed by atoms with Crippen LogP contribution in [0.15, 0.2) is 18.5 Å². The molecule has 0 radical (unpaired) electrons. The van der Waals surface area contributed by atoms with Crippen LogP contribution in [-0.4, -0.2) is 32.1 Å². The monoisotopic (exact) mass is 276 g/mol. The molecule has 0 N–H and O–H groups in total. The summed E-state index contributed by atoms with van der Waals surface area (Å²) in [7, 11) is 3.69. The average molecular weight is 276 g/mol. The van der Waals surface area contributed by atoms with Gasteiger partial charge in [-0.2, -0.15) is 10.2 Å². The zero-order valence-electron chi connectivity index (χ0n) is 12.3. The van der Waals surface area contributed by atoms with Crippen molar-refractivity contribution in [3.05, 3.63) is 35.4 Å². The molecule has 108 valence electrons. The van der Waals surface area contributed by atoms with E-state index in [9.17, 15) is 4.79 Å². The summed E-state index contributed by atoms with van der Waals surface area (Å²) < 4.78 is 8.69. The fraction of sp³-hybridized carbons (Fsp3) is 0.500. The van der Waals surface area contributed by atoms with E-state index >= 15 is 0 Å². The van der Waals surface area contributed by atoms with Crippen molar-refractivity contribution in [2.24, 2.45) is 14.1 Å². The van der Waals surface area contributed by atoms with Gasteiger partial charge in [-0.1, -0.05) is 13.8 Å². The van der Waals surface area contributed by atoms with Crippen LogP contribution in [0.1, 0.15) is 41.5 Å². The molecule has 6 nitrogen and oxygen atoms in total. The van der Waals surface area contributed by atoms with Gasteiger partial charge >= 0.3 is 5.97 Å². The molecule has 2 rings (SSSR count). The van der Waals surface area contributed by atoms with E-state index in [0.29, 0.717) is 24.6 Å². The van der Waals surface area contributed by atoms with E-state index in [1.54, 1.807) is 21.6 Å². The summed E-state index contributed by atoms with van der Waals surface area (Å²) in [5.41, 5.74) is 2.43. The third-order valence-electron chi connectivity index (χ3n) is 3.10. The minimum Gasteiger partial charge on any atom is -0.461 e. The molecule has 0 bridgehead atoms. The summed E-state index contributed by atoms with van der Waals surface area (Å²) in [6.45, 7) is 4.46. The molecule has 0 aliphatic carbocycles. The molecular weight excluding hydrogens is 256 g/mol. The quantitative estimate of drug-likeness (QED) is 0.779. The van der Waals surface area contributed by atoms with Crippen molar-refractivity contribution in [2.45, 2.75) is 26.2 Å². The molecule has 2 heterocycles. The first-order chi connectivity index (χ1) is 9.47. The summed E-state index contributed by atoms with van der Waals surface area (Å²) in [5.74, 6) is -0.0548. The predicted molar refractivity (Wildman–Crippen MR) is 74.5 cm³/mol. The van der Waals surface area contributed by atoms with Gasteiger partial charge in [0.25, 0.3) is 0 Å². The van der Waals surface area contributed by atoms with Crippen LogP contribution in [0.5, 0.6) is 0 Å². The largest absolute Gasteiger partial charge is 0.461 e. The van der Waals surface area contributed by atoms with E-state index < -0.39 is 0 Å². The summed E-state index contributed by atoms with van der Waals surface area (Å²) >= 11 is 0. The highest BCUT2D eigenvalue weighted by atomic mass is 16.5. The van der Waals surface area contributed by atoms with Crippen LogP contribution in [0, 0.1) is 0 Å². The van der Waals surface area contributed by atoms with Gasteiger partial charge in [0, 0.05) is 32.4 Å². The molecule has 6 heteroatoms. The number of nitrogens with zero attached hydrogens (tertiary/aromatic N) is 4. The van der Waals surface area contributed by atoms with Gasteiger partial charge in [0.05, 0.1) is 12.8 Å². The zero-order chi connectivity index (χ0) is 14.7. The van der Waals surface area contributed by atoms with Gasteiger partial charge in [-0.3, -0.25) is 9.36 Å². The van der Waals surface area contributed by atoms with Gasteiger partial charge < -0.3 is 4.74 Å². The maximum Gasteiger partial charge on any atom is 0.358 e. The Bertz CT molecular complexity index is 598. The second-order valence-electron chi connectivity index (χ2n) is 5.14. The lowest BCUT2D eigenvalue weighted by molar-refractivity contribution is 0.0501. The number of aromatic nitrogens is 4. The first kappa shape index (κ1) is 14.3. The third kappa shape index (κ3) is 3.26. The second kappa shape index (κ2) is 5.90. The molecule has 0 unspecified atom stereocenters. The molecule has 0 saturated carbocycles. The molecule has 2 aromatic heterocycles. The first-order valence-electron chi connectivity index (χ1n) is 6.66. The van der Waals surface area contributed by atoms with E-state index in [2.05, 4.69) is 24.0 Å². The fourth-order valence-electron chi connectivity index (χ4n) is 2.06. The van der Waals surface area contributed by atoms with Crippen LogP contribution in [0.3, 0.4) is 0 Å². The Hall–Kier alpha value is -2.11. The lowest BCUT2D eigenvalue weighted by atomic mass is 10.1. The topological polar surface area (TPSA) is 61.9 Å². The minimum atomic E-state index is -0.378. The molecule has 0 aromatic carbocycles. The van der Waals surface area contributed by atoms with Gasteiger partial charge in [-0.05, 0) is 17.5 Å². The van der Waals surface area contributed by atoms with Crippen molar-refractivity contribution in [3.8, 4) is 0 Å². The van der Waals surface area contributed by atoms with Crippen LogP contribution < -0.4 is 0 Å². The fourth-order valence-corrected chi connectivity index (χ4v) is 2.06. The SMILES string of the molecule is CC(C)c1cc(C(=O)OCCc2cnn(C)c2)nn1C. The van der Waals surface area contributed by atoms with Crippen molar-refractivity contribution in [2.75, 3.05) is 6.61 Å². The Morgan fingerprint density at radius 3 is 2.70 bits per heavy atom. The van der Waals surface area contributed by atoms with Gasteiger partial charge in [0.2, 0.25) is 0 Å². The van der Waals surface area contributed by atoms with Crippen LogP contribution in [-0.2, 0) is 25.3 Å². The highest BCUT2D eigenvalue weighted by molar-refractivity contribution is 5.87. The van der Waals surface area contributed by atoms with Crippen molar-refractivity contribution in [1.82, 2.24) is 19.6 Å². The molecule has 0 fully saturated rings. The van der Waals surface area contributed by atoms with Crippen LogP contribution >= 0.6 is 0 Å². The number of ether oxygens (including phenoxy) is 1. The molecule has 0 amide bonds. The molecule has 0 spiro atoms. The lowest BCUT2D eigenvalue weighted by Gasteiger charge is -2.02. The predicted octanol–water partition coefficient (Wildman–Crippen LogP) is 1.68. The number of carbonyl (C=O) groups is 1. The molecule has 0 aliphatic rings. The average Bonchev–Trinajstić information content (AvgIpc) is 2.95. The van der Waals surface area contributed by atoms with E-state index in [1.165, 1.54) is 0 Å². The van der Waals surface area contributed by atoms with Crippen LogP contribution in [0.4, 0.5) is 0 Å². The number of rotatable bonds is 5. The third-order valence-corrected chi connectivity index (χ3v) is 3.10. The summed E-state index contributed by atoms with van der Waals surface area (Å²) in [6.07, 6.45) is 4.33. The molecular formula is C14H20N4O2. The zero-order valence-corrected chi connectivity index (χ0v) is 12.3. The van der Waals surface area contributed by atoms with Crippen molar-refractivity contribution < 1.29 is 9.53 Å². The summed E-state index contributed by atoms with van der Waals surface area (Å²) in [4.78, 5) is 11.9. The summed E-state index contributed by atoms with van der Waals surface area (Å²) in [5, 5.41) is 8.25. The van der Waals surface area contributed by atoms with E-state index in [1.807, 2.05) is 20.3 Å². The van der Waals surface area contributed by atoms with Crippen molar-refractivity contribution in [1.29, 1.82) is 0 Å². The summed E-state index contributed by atoms with van der Waals surface area (Å²) in [6, 6.07) is 1.79. The standard InChI is InChI=1S/C14H20N4O2/c1-10(2)13-7-12(16-18(13)4)14(19)20-6-5-11-8-15-17(3)9-11/h7-10H,5-6H2,1-4H3. The van der Waals surface area contributed by atoms with Gasteiger partial charge in [0.15, 0.2) is 5.69 Å². The Kier molecular flexibility index (Phi) is 4.22. The number of carbonyl (C=O) groups excluding carboxylic acids is 1. The number of hydrogen-bond acceptors (Lipinski definition) is 4. The second-order valence-corrected chi connectivity index (χ2v) is 5.14. The number of hydrogen-bond donors (Lipinski definition) is 0. The molecule has 0 saturated heterocycles. The van der Waals surface area contributed by atoms with Crippen molar-refractivity contribution in [3.63, 3.8) is 0 Å². The molecule has 0 aliphatic heterocycles. The maximum atomic E-state index is 11.9. The van der Waals surface area contributed by atoms with E-state index in [4.69, 9.17) is 4.74 Å². The lowest BCUT2D eigenvalue weighted by Crippen LogP contribution is -2.09. The van der Waals surface area contributed by atoms with Gasteiger partial charge in [0.1, 0.15) is 0 Å². The number of esters is 1. The Balaban J connectivity index is 1.90. The van der Waals surface area contributed by atoms with Gasteiger partial charge in [-0.25, -0.2) is 4.79 Å². The Morgan fingerprint density at radius 2 is 2.15 bits per heavy atom. The normalized spacial score (nSPS) is 11.1. The maximum absolute atomic E-state index is 11.9. The van der Waals surface area contributed by atoms with E-state index in [0.717, 1.165) is 11.3 Å². The number of aryl methyl sites for hydroxylation is 2. The van der Waals surface area contributed by atoms with Crippen LogP contribution in [0.25, 0.3) is 0 Å². The molecule has 0 atom stereocenters. The smallest absolute Gasteiger partial charge is 0.358 e. The molecule has 20 heavy (non-hydrogen) atoms. The first-order valence-corrected chi connectivity index (χ1v) is 6.66. The van der Waals surface area contributed by atoms with E-state index in [-0.39, 0.29) is 5.97 Å². The Labute approximate surface area is 118 Å². The molecule has 2 aromatic rings. The minimum absolute atomic E-state index is 0.324. The van der Waals surface area contributed by atoms with Crippen LogP contribution in [0.2, 0.25) is 0 Å². The Morgan fingerprint density at radius 1 is 1.40 bits per heavy atom. The van der Waals surface area contributed by atoms with Crippen molar-refractivity contribution >= 4 is 5.97 Å². The highest BCUT2D eigenvalue weighted by Gasteiger charge is 2.15. The highest BCUT2D eigenvalue weighted by Crippen LogP contribution is 2.15.